The van der Waals surface area contributed by atoms with E-state index >= 15 is 0 Å². The van der Waals surface area contributed by atoms with Crippen molar-refractivity contribution in [3.05, 3.63) is 106 Å². The molecule has 0 radical (unpaired) electrons. The number of anilines is 2. The highest BCUT2D eigenvalue weighted by Gasteiger charge is 2.31. The molecule has 3 aromatic heterocycles. The van der Waals surface area contributed by atoms with Crippen LogP contribution in [0.15, 0.2) is 84.2 Å². The van der Waals surface area contributed by atoms with Gasteiger partial charge in [0, 0.05) is 12.3 Å². The summed E-state index contributed by atoms with van der Waals surface area (Å²) in [6.45, 7) is 0. The van der Waals surface area contributed by atoms with Gasteiger partial charge in [0.15, 0.2) is 0 Å². The third kappa shape index (κ3) is 4.00. The molecule has 2 atom stereocenters. The van der Waals surface area contributed by atoms with Gasteiger partial charge in [-0.2, -0.15) is 0 Å². The van der Waals surface area contributed by atoms with Crippen LogP contribution in [0.25, 0.3) is 5.69 Å². The summed E-state index contributed by atoms with van der Waals surface area (Å²) >= 11 is 5.89. The maximum absolute atomic E-state index is 12.0. The summed E-state index contributed by atoms with van der Waals surface area (Å²) in [5.41, 5.74) is 3.04. The zero-order valence-corrected chi connectivity index (χ0v) is 17.2. The summed E-state index contributed by atoms with van der Waals surface area (Å²) in [6, 6.07) is 17.3. The van der Waals surface area contributed by atoms with Crippen LogP contribution in [0.2, 0.25) is 5.02 Å². The summed E-state index contributed by atoms with van der Waals surface area (Å²) < 4.78 is 1.56. The van der Waals surface area contributed by atoms with Crippen LogP contribution in [-0.4, -0.2) is 19.5 Å². The Hall–Kier alpha value is -3.71. The minimum Gasteiger partial charge on any atom is -0.363 e. The lowest BCUT2D eigenvalue weighted by Gasteiger charge is -2.16. The van der Waals surface area contributed by atoms with Crippen LogP contribution in [0.3, 0.4) is 0 Å². The Kier molecular flexibility index (Phi) is 5.09. The second kappa shape index (κ2) is 8.20. The molecule has 1 unspecified atom stereocenters. The molecular weight excluding hydrogens is 412 g/mol. The number of hydrogen-bond acceptors (Lipinski definition) is 6. The van der Waals surface area contributed by atoms with Crippen LogP contribution < -0.4 is 16.2 Å². The first-order valence-corrected chi connectivity index (χ1v) is 10.3. The van der Waals surface area contributed by atoms with Gasteiger partial charge in [-0.05, 0) is 35.7 Å². The summed E-state index contributed by atoms with van der Waals surface area (Å²) in [5.74, 6) is 1.29. The number of nitrogens with zero attached hydrogens (tertiary/aromatic N) is 4. The third-order valence-electron chi connectivity index (χ3n) is 5.31. The highest BCUT2D eigenvalue weighted by atomic mass is 35.5. The van der Waals surface area contributed by atoms with Crippen molar-refractivity contribution in [2.24, 2.45) is 0 Å². The third-order valence-corrected chi connectivity index (χ3v) is 5.51. The molecule has 0 saturated carbocycles. The van der Waals surface area contributed by atoms with E-state index in [-0.39, 0.29) is 17.6 Å². The molecule has 0 bridgehead atoms. The van der Waals surface area contributed by atoms with Gasteiger partial charge < -0.3 is 10.6 Å². The van der Waals surface area contributed by atoms with Crippen molar-refractivity contribution in [3.8, 4) is 5.69 Å². The lowest BCUT2D eigenvalue weighted by molar-refractivity contribution is 0.673. The largest absolute Gasteiger partial charge is 0.363 e. The summed E-state index contributed by atoms with van der Waals surface area (Å²) in [5, 5.41) is 7.42. The minimum atomic E-state index is -0.0898. The van der Waals surface area contributed by atoms with E-state index in [0.29, 0.717) is 11.0 Å². The number of pyridine rings is 2. The molecule has 5 rings (SSSR count). The van der Waals surface area contributed by atoms with Gasteiger partial charge in [0.05, 0.1) is 41.4 Å². The van der Waals surface area contributed by atoms with Gasteiger partial charge in [0.2, 0.25) is 5.95 Å². The Balaban J connectivity index is 1.35. The predicted octanol–water partition coefficient (Wildman–Crippen LogP) is 4.39. The van der Waals surface area contributed by atoms with Crippen molar-refractivity contribution in [2.45, 2.75) is 18.5 Å². The molecule has 4 aromatic rings. The fourth-order valence-electron chi connectivity index (χ4n) is 3.88. The fourth-order valence-corrected chi connectivity index (χ4v) is 3.98. The molecule has 0 fully saturated rings. The molecule has 1 aliphatic rings. The maximum atomic E-state index is 12.0. The molecule has 3 heterocycles. The monoisotopic (exact) mass is 430 g/mol. The first kappa shape index (κ1) is 19.3. The Morgan fingerprint density at radius 3 is 2.23 bits per heavy atom. The van der Waals surface area contributed by atoms with E-state index in [2.05, 4.69) is 37.7 Å². The van der Waals surface area contributed by atoms with Gasteiger partial charge in [0.25, 0.3) is 5.56 Å². The fraction of sp³-hybridized carbons (Fsp3) is 0.130. The zero-order chi connectivity index (χ0) is 21.2. The second-order valence-electron chi connectivity index (χ2n) is 7.29. The number of nitrogens with one attached hydrogen (secondary N) is 2. The van der Waals surface area contributed by atoms with Crippen molar-refractivity contribution < 1.29 is 0 Å². The van der Waals surface area contributed by atoms with Crippen LogP contribution in [-0.2, 0) is 0 Å². The van der Waals surface area contributed by atoms with Crippen LogP contribution in [0, 0.1) is 0 Å². The molecule has 0 saturated heterocycles. The van der Waals surface area contributed by atoms with E-state index in [1.807, 2.05) is 30.3 Å². The molecule has 1 aromatic carbocycles. The second-order valence-corrected chi connectivity index (χ2v) is 7.73. The SMILES string of the molecule is O=c1ccccn1-c1ccc(N[C@@H]2CC(Nc3ncc(Cl)cn3)c3ccccc32)nc1. The molecule has 31 heavy (non-hydrogen) atoms. The molecule has 8 heteroatoms. The number of fused-ring (bicyclic) bond motifs is 1. The van der Waals surface area contributed by atoms with Crippen LogP contribution >= 0.6 is 11.6 Å². The van der Waals surface area contributed by atoms with Crippen molar-refractivity contribution in [2.75, 3.05) is 10.6 Å². The molecule has 0 spiro atoms. The highest BCUT2D eigenvalue weighted by Crippen LogP contribution is 2.41. The number of rotatable bonds is 5. The predicted molar refractivity (Wildman–Crippen MR) is 121 cm³/mol. The van der Waals surface area contributed by atoms with E-state index in [9.17, 15) is 4.79 Å². The van der Waals surface area contributed by atoms with Crippen molar-refractivity contribution in [1.29, 1.82) is 0 Å². The minimum absolute atomic E-state index is 0.0667. The van der Waals surface area contributed by atoms with Crippen LogP contribution in [0.5, 0.6) is 0 Å². The molecule has 0 aliphatic heterocycles. The topological polar surface area (TPSA) is 84.7 Å². The first-order chi connectivity index (χ1) is 15.2. The Bertz CT molecular complexity index is 1260. The van der Waals surface area contributed by atoms with E-state index < -0.39 is 0 Å². The average molecular weight is 431 g/mol. The maximum Gasteiger partial charge on any atom is 0.255 e. The number of hydrogen-bond donors (Lipinski definition) is 2. The summed E-state index contributed by atoms with van der Waals surface area (Å²) in [4.78, 5) is 25.1. The van der Waals surface area contributed by atoms with Gasteiger partial charge in [-0.3, -0.25) is 9.36 Å². The number of aromatic nitrogens is 4. The smallest absolute Gasteiger partial charge is 0.255 e. The van der Waals surface area contributed by atoms with Crippen molar-refractivity contribution >= 4 is 23.4 Å². The molecule has 2 N–H and O–H groups in total. The van der Waals surface area contributed by atoms with E-state index in [0.717, 1.165) is 17.9 Å². The van der Waals surface area contributed by atoms with Gasteiger partial charge >= 0.3 is 0 Å². The molecule has 154 valence electrons. The van der Waals surface area contributed by atoms with Crippen LogP contribution in [0.1, 0.15) is 29.6 Å². The highest BCUT2D eigenvalue weighted by molar-refractivity contribution is 6.30. The van der Waals surface area contributed by atoms with E-state index in [1.54, 1.807) is 35.4 Å². The first-order valence-electron chi connectivity index (χ1n) is 9.91. The number of halogens is 1. The lowest BCUT2D eigenvalue weighted by atomic mass is 10.1. The molecular formula is C23H19ClN6O. The molecule has 0 amide bonds. The van der Waals surface area contributed by atoms with Gasteiger partial charge in [-0.15, -0.1) is 0 Å². The number of benzene rings is 1. The summed E-state index contributed by atoms with van der Waals surface area (Å²) in [6.07, 6.45) is 7.40. The standard InChI is InChI=1S/C23H19ClN6O/c24-15-12-26-23(27-13-15)29-20-11-19(17-5-1-2-6-18(17)20)28-21-9-8-16(14-25-21)30-10-4-3-7-22(30)31/h1-10,12-14,19-20H,11H2,(H,25,28)(H,26,27,29)/t19-,20?/m1/s1. The van der Waals surface area contributed by atoms with E-state index in [1.165, 1.54) is 17.2 Å². The molecule has 1 aliphatic carbocycles. The van der Waals surface area contributed by atoms with Crippen LogP contribution in [0.4, 0.5) is 11.8 Å². The summed E-state index contributed by atoms with van der Waals surface area (Å²) in [7, 11) is 0. The molecule has 7 nitrogen and oxygen atoms in total. The van der Waals surface area contributed by atoms with Crippen molar-refractivity contribution in [3.63, 3.8) is 0 Å². The van der Waals surface area contributed by atoms with Gasteiger partial charge in [0.1, 0.15) is 5.82 Å². The average Bonchev–Trinajstić information content (AvgIpc) is 3.13. The zero-order valence-electron chi connectivity index (χ0n) is 16.4. The Morgan fingerprint density at radius 2 is 1.55 bits per heavy atom. The van der Waals surface area contributed by atoms with Gasteiger partial charge in [-0.25, -0.2) is 15.0 Å². The quantitative estimate of drug-likeness (QED) is 0.488. The Morgan fingerprint density at radius 1 is 0.839 bits per heavy atom. The van der Waals surface area contributed by atoms with E-state index in [4.69, 9.17) is 11.6 Å². The van der Waals surface area contributed by atoms with Crippen molar-refractivity contribution in [1.82, 2.24) is 19.5 Å². The van der Waals surface area contributed by atoms with Gasteiger partial charge in [-0.1, -0.05) is 41.9 Å². The normalized spacial score (nSPS) is 17.2. The lowest BCUT2D eigenvalue weighted by Crippen LogP contribution is -2.16. The Labute approximate surface area is 183 Å².